The fraction of sp³-hybridized carbons (Fsp3) is 0.400. The van der Waals surface area contributed by atoms with E-state index < -0.39 is 5.54 Å². The third kappa shape index (κ3) is 2.80. The Labute approximate surface area is 123 Å². The highest BCUT2D eigenvalue weighted by molar-refractivity contribution is 5.86. The molecule has 3 rings (SSSR count). The number of nitrogens with zero attached hydrogens (tertiary/aromatic N) is 3. The molecule has 3 N–H and O–H groups in total. The molecule has 1 aliphatic carbocycles. The van der Waals surface area contributed by atoms with Crippen molar-refractivity contribution < 1.29 is 4.79 Å². The molecule has 2 aromatic rings. The molecule has 0 saturated heterocycles. The third-order valence-electron chi connectivity index (χ3n) is 3.98. The molecule has 0 unspecified atom stereocenters. The van der Waals surface area contributed by atoms with Crippen LogP contribution >= 0.6 is 0 Å². The van der Waals surface area contributed by atoms with Gasteiger partial charge in [0.25, 0.3) is 0 Å². The molecule has 0 bridgehead atoms. The van der Waals surface area contributed by atoms with Crippen LogP contribution in [0.25, 0.3) is 5.82 Å². The first-order chi connectivity index (χ1) is 10.2. The summed E-state index contributed by atoms with van der Waals surface area (Å²) >= 11 is 0. The molecule has 1 aliphatic rings. The lowest BCUT2D eigenvalue weighted by Gasteiger charge is -2.22. The predicted octanol–water partition coefficient (Wildman–Crippen LogP) is 1.15. The van der Waals surface area contributed by atoms with Crippen LogP contribution in [-0.2, 0) is 11.3 Å². The van der Waals surface area contributed by atoms with Gasteiger partial charge in [0.1, 0.15) is 0 Å². The lowest BCUT2D eigenvalue weighted by molar-refractivity contribution is -0.126. The minimum atomic E-state index is -0.700. The van der Waals surface area contributed by atoms with E-state index in [0.717, 1.165) is 37.1 Å². The van der Waals surface area contributed by atoms with Crippen LogP contribution in [-0.4, -0.2) is 26.2 Å². The first-order valence-corrected chi connectivity index (χ1v) is 7.20. The van der Waals surface area contributed by atoms with Crippen molar-refractivity contribution in [1.29, 1.82) is 0 Å². The van der Waals surface area contributed by atoms with Gasteiger partial charge >= 0.3 is 0 Å². The van der Waals surface area contributed by atoms with E-state index in [2.05, 4.69) is 15.4 Å². The number of aromatic nitrogens is 3. The second kappa shape index (κ2) is 5.65. The number of amides is 1. The van der Waals surface area contributed by atoms with Gasteiger partial charge in [0.15, 0.2) is 5.82 Å². The molecular weight excluding hydrogens is 266 g/mol. The Morgan fingerprint density at radius 3 is 2.86 bits per heavy atom. The van der Waals surface area contributed by atoms with E-state index in [1.807, 2.05) is 24.4 Å². The summed E-state index contributed by atoms with van der Waals surface area (Å²) in [6.07, 6.45) is 8.81. The molecule has 2 aromatic heterocycles. The van der Waals surface area contributed by atoms with Crippen molar-refractivity contribution in [3.63, 3.8) is 0 Å². The molecule has 6 nitrogen and oxygen atoms in total. The van der Waals surface area contributed by atoms with Gasteiger partial charge in [0.05, 0.1) is 5.54 Å². The topological polar surface area (TPSA) is 85.8 Å². The second-order valence-corrected chi connectivity index (χ2v) is 5.48. The van der Waals surface area contributed by atoms with Crippen LogP contribution in [0.1, 0.15) is 31.2 Å². The fourth-order valence-electron chi connectivity index (χ4n) is 2.75. The Morgan fingerprint density at radius 1 is 1.33 bits per heavy atom. The zero-order valence-corrected chi connectivity index (χ0v) is 11.8. The van der Waals surface area contributed by atoms with Gasteiger partial charge in [0.2, 0.25) is 5.91 Å². The Hall–Kier alpha value is -2.21. The van der Waals surface area contributed by atoms with E-state index >= 15 is 0 Å². The van der Waals surface area contributed by atoms with Gasteiger partial charge < -0.3 is 11.1 Å². The molecule has 0 aliphatic heterocycles. The van der Waals surface area contributed by atoms with Crippen molar-refractivity contribution >= 4 is 5.91 Å². The van der Waals surface area contributed by atoms with Gasteiger partial charge in [0, 0.05) is 30.7 Å². The molecule has 0 aromatic carbocycles. The smallest absolute Gasteiger partial charge is 0.240 e. The number of nitrogens with two attached hydrogens (primary N) is 1. The Kier molecular flexibility index (Phi) is 3.70. The van der Waals surface area contributed by atoms with E-state index in [-0.39, 0.29) is 5.91 Å². The zero-order valence-electron chi connectivity index (χ0n) is 11.8. The largest absolute Gasteiger partial charge is 0.350 e. The average Bonchev–Trinajstić information content (AvgIpc) is 3.17. The third-order valence-corrected chi connectivity index (χ3v) is 3.98. The van der Waals surface area contributed by atoms with E-state index in [4.69, 9.17) is 5.73 Å². The Balaban J connectivity index is 1.73. The molecule has 1 saturated carbocycles. The van der Waals surface area contributed by atoms with Gasteiger partial charge in [-0.3, -0.25) is 4.79 Å². The van der Waals surface area contributed by atoms with Gasteiger partial charge in [-0.1, -0.05) is 18.9 Å². The number of hydrogen-bond acceptors (Lipinski definition) is 4. The fourth-order valence-corrected chi connectivity index (χ4v) is 2.75. The van der Waals surface area contributed by atoms with Crippen molar-refractivity contribution in [1.82, 2.24) is 20.1 Å². The van der Waals surface area contributed by atoms with Gasteiger partial charge in [-0.15, -0.1) is 0 Å². The van der Waals surface area contributed by atoms with Crippen LogP contribution in [0.3, 0.4) is 0 Å². The summed E-state index contributed by atoms with van der Waals surface area (Å²) in [6.45, 7) is 0.404. The summed E-state index contributed by atoms with van der Waals surface area (Å²) in [5.74, 6) is 0.649. The van der Waals surface area contributed by atoms with Crippen LogP contribution < -0.4 is 11.1 Å². The van der Waals surface area contributed by atoms with Crippen LogP contribution in [0.2, 0.25) is 0 Å². The maximum Gasteiger partial charge on any atom is 0.240 e. The maximum atomic E-state index is 12.3. The summed E-state index contributed by atoms with van der Waals surface area (Å²) in [7, 11) is 0. The van der Waals surface area contributed by atoms with Crippen LogP contribution in [0.4, 0.5) is 0 Å². The van der Waals surface area contributed by atoms with Crippen molar-refractivity contribution in [3.8, 4) is 5.82 Å². The number of nitrogens with one attached hydrogen (secondary N) is 1. The molecule has 21 heavy (non-hydrogen) atoms. The van der Waals surface area contributed by atoms with Gasteiger partial charge in [-0.05, 0) is 25.0 Å². The van der Waals surface area contributed by atoms with Crippen molar-refractivity contribution in [2.24, 2.45) is 5.73 Å². The number of carbonyl (C=O) groups is 1. The summed E-state index contributed by atoms with van der Waals surface area (Å²) in [5, 5.41) is 7.12. The lowest BCUT2D eigenvalue weighted by atomic mass is 9.98. The Morgan fingerprint density at radius 2 is 2.14 bits per heavy atom. The number of rotatable bonds is 4. The summed E-state index contributed by atoms with van der Waals surface area (Å²) in [5.41, 5.74) is 6.37. The minimum absolute atomic E-state index is 0.0738. The molecule has 0 spiro atoms. The molecule has 0 radical (unpaired) electrons. The first-order valence-electron chi connectivity index (χ1n) is 7.20. The Bertz CT molecular complexity index is 617. The molecule has 110 valence electrons. The summed E-state index contributed by atoms with van der Waals surface area (Å²) < 4.78 is 1.69. The number of hydrogen-bond donors (Lipinski definition) is 2. The molecular formula is C15H19N5O. The number of pyridine rings is 1. The highest BCUT2D eigenvalue weighted by Gasteiger charge is 2.36. The first kappa shape index (κ1) is 13.8. The highest BCUT2D eigenvalue weighted by atomic mass is 16.2. The summed E-state index contributed by atoms with van der Waals surface area (Å²) in [6, 6.07) is 5.62. The van der Waals surface area contributed by atoms with Gasteiger partial charge in [-0.2, -0.15) is 5.10 Å². The monoisotopic (exact) mass is 285 g/mol. The highest BCUT2D eigenvalue weighted by Crippen LogP contribution is 2.27. The maximum absolute atomic E-state index is 12.3. The van der Waals surface area contributed by atoms with Crippen molar-refractivity contribution in [2.75, 3.05) is 0 Å². The standard InChI is InChI=1S/C15H19N5O/c16-15(6-1-2-7-15)14(21)18-11-12-5-3-8-17-13(12)20-10-4-9-19-20/h3-5,8-10H,1-2,6-7,11,16H2,(H,18,21). The SMILES string of the molecule is NC1(C(=O)NCc2cccnc2-n2cccn2)CCCC1. The average molecular weight is 285 g/mol. The lowest BCUT2D eigenvalue weighted by Crippen LogP contribution is -2.51. The van der Waals surface area contributed by atoms with Crippen LogP contribution in [0, 0.1) is 0 Å². The normalized spacial score (nSPS) is 16.8. The second-order valence-electron chi connectivity index (χ2n) is 5.48. The van der Waals surface area contributed by atoms with E-state index in [0.29, 0.717) is 6.54 Å². The van der Waals surface area contributed by atoms with E-state index in [1.165, 1.54) is 0 Å². The van der Waals surface area contributed by atoms with E-state index in [1.54, 1.807) is 17.1 Å². The minimum Gasteiger partial charge on any atom is -0.350 e. The predicted molar refractivity (Wildman–Crippen MR) is 78.6 cm³/mol. The number of carbonyl (C=O) groups excluding carboxylic acids is 1. The molecule has 1 amide bonds. The van der Waals surface area contributed by atoms with Crippen molar-refractivity contribution in [2.45, 2.75) is 37.8 Å². The van der Waals surface area contributed by atoms with Crippen molar-refractivity contribution in [3.05, 3.63) is 42.4 Å². The molecule has 6 heteroatoms. The van der Waals surface area contributed by atoms with Crippen LogP contribution in [0.15, 0.2) is 36.8 Å². The molecule has 1 fully saturated rings. The molecule has 0 atom stereocenters. The van der Waals surface area contributed by atoms with Gasteiger partial charge in [-0.25, -0.2) is 9.67 Å². The van der Waals surface area contributed by atoms with Crippen LogP contribution in [0.5, 0.6) is 0 Å². The quantitative estimate of drug-likeness (QED) is 0.882. The summed E-state index contributed by atoms with van der Waals surface area (Å²) in [4.78, 5) is 16.6. The molecule has 2 heterocycles. The zero-order chi connectivity index (χ0) is 14.7. The van der Waals surface area contributed by atoms with E-state index in [9.17, 15) is 4.79 Å².